The standard InChI is InChI=1S/C73H65NS/c1-5-7-9-21-43-73(44-22-10-8-6-2)65-45-50(71-61-28-15-17-30-63(61)72(64-31-18-16-29-62(64)71)51-36-39-60-59-27-19-20-32-69(59)75-70(60)46-51)35-38-55(65)56-40-37-52(47-66(56)73)74(67-41-33-48(3)53-23-11-13-25-57(53)67)68-42-34-49(4)54-24-12-14-26-58(54)68/h11-20,23-42,45-47H,5-10,21-22,43-44H2,1-4H3. The van der Waals surface area contributed by atoms with Crippen molar-refractivity contribution in [1.82, 2.24) is 0 Å². The molecule has 1 aromatic heterocycles. The van der Waals surface area contributed by atoms with Gasteiger partial charge in [0.05, 0.1) is 11.4 Å². The fraction of sp³-hybridized carbons (Fsp3) is 0.205. The van der Waals surface area contributed by atoms with Gasteiger partial charge in [0.25, 0.3) is 0 Å². The molecule has 1 aliphatic carbocycles. The summed E-state index contributed by atoms with van der Waals surface area (Å²) in [5.74, 6) is 0. The topological polar surface area (TPSA) is 3.24 Å². The highest BCUT2D eigenvalue weighted by Gasteiger charge is 2.43. The van der Waals surface area contributed by atoms with Crippen LogP contribution in [0, 0.1) is 13.8 Å². The number of hydrogen-bond donors (Lipinski definition) is 0. The summed E-state index contributed by atoms with van der Waals surface area (Å²) in [6.07, 6.45) is 12.1. The average molecular weight is 988 g/mol. The minimum Gasteiger partial charge on any atom is -0.309 e. The Bertz CT molecular complexity index is 4000. The molecule has 0 saturated carbocycles. The molecule has 1 heterocycles. The van der Waals surface area contributed by atoms with Gasteiger partial charge in [0.1, 0.15) is 0 Å². The fourth-order valence-corrected chi connectivity index (χ4v) is 14.6. The zero-order chi connectivity index (χ0) is 50.6. The maximum Gasteiger partial charge on any atom is 0.0540 e. The van der Waals surface area contributed by atoms with Crippen molar-refractivity contribution >= 4 is 91.7 Å². The van der Waals surface area contributed by atoms with Gasteiger partial charge < -0.3 is 4.90 Å². The molecule has 2 heteroatoms. The Balaban J connectivity index is 1.03. The fourth-order valence-electron chi connectivity index (χ4n) is 13.4. The van der Waals surface area contributed by atoms with E-state index in [1.165, 1.54) is 187 Å². The van der Waals surface area contributed by atoms with Crippen LogP contribution in [0.1, 0.15) is 100 Å². The van der Waals surface area contributed by atoms with E-state index in [1.807, 2.05) is 11.3 Å². The molecule has 0 bridgehead atoms. The van der Waals surface area contributed by atoms with Crippen LogP contribution in [0.2, 0.25) is 0 Å². The van der Waals surface area contributed by atoms with Crippen molar-refractivity contribution in [3.05, 3.63) is 222 Å². The van der Waals surface area contributed by atoms with Crippen molar-refractivity contribution in [2.45, 2.75) is 97.3 Å². The predicted molar refractivity (Wildman–Crippen MR) is 328 cm³/mol. The quantitative estimate of drug-likeness (QED) is 0.0731. The molecule has 0 fully saturated rings. The molecular formula is C73H65NS. The molecule has 1 nitrogen and oxygen atoms in total. The third-order valence-electron chi connectivity index (χ3n) is 17.1. The number of nitrogens with zero attached hydrogens (tertiary/aromatic N) is 1. The van der Waals surface area contributed by atoms with Crippen molar-refractivity contribution in [2.75, 3.05) is 4.90 Å². The third-order valence-corrected chi connectivity index (χ3v) is 18.3. The van der Waals surface area contributed by atoms with E-state index in [4.69, 9.17) is 0 Å². The van der Waals surface area contributed by atoms with Gasteiger partial charge in [0.15, 0.2) is 0 Å². The highest BCUT2D eigenvalue weighted by molar-refractivity contribution is 7.25. The molecule has 11 aromatic carbocycles. The minimum absolute atomic E-state index is 0.153. The average Bonchev–Trinajstić information content (AvgIpc) is 3.96. The lowest BCUT2D eigenvalue weighted by Gasteiger charge is -2.35. The number of aryl methyl sites for hydroxylation is 2. The van der Waals surface area contributed by atoms with Crippen LogP contribution in [0.3, 0.4) is 0 Å². The van der Waals surface area contributed by atoms with Gasteiger partial charge in [0, 0.05) is 42.0 Å². The maximum absolute atomic E-state index is 2.67. The molecule has 0 saturated heterocycles. The first-order valence-corrected chi connectivity index (χ1v) is 28.7. The summed E-state index contributed by atoms with van der Waals surface area (Å²) in [7, 11) is 0. The van der Waals surface area contributed by atoms with E-state index in [0.717, 1.165) is 12.8 Å². The van der Waals surface area contributed by atoms with Gasteiger partial charge in [-0.05, 0) is 157 Å². The molecule has 0 unspecified atom stereocenters. The van der Waals surface area contributed by atoms with E-state index < -0.39 is 0 Å². The Morgan fingerprint density at radius 3 is 1.35 bits per heavy atom. The summed E-state index contributed by atoms with van der Waals surface area (Å²) >= 11 is 1.90. The van der Waals surface area contributed by atoms with Crippen LogP contribution in [0.5, 0.6) is 0 Å². The Morgan fingerprint density at radius 1 is 0.360 bits per heavy atom. The Kier molecular flexibility index (Phi) is 12.4. The van der Waals surface area contributed by atoms with E-state index in [0.29, 0.717) is 0 Å². The first kappa shape index (κ1) is 47.2. The van der Waals surface area contributed by atoms with Crippen LogP contribution >= 0.6 is 11.3 Å². The molecule has 75 heavy (non-hydrogen) atoms. The van der Waals surface area contributed by atoms with E-state index >= 15 is 0 Å². The second kappa shape index (κ2) is 19.6. The summed E-state index contributed by atoms with van der Waals surface area (Å²) in [5.41, 5.74) is 17.1. The van der Waals surface area contributed by atoms with Gasteiger partial charge in [0.2, 0.25) is 0 Å². The van der Waals surface area contributed by atoms with Gasteiger partial charge in [-0.3, -0.25) is 0 Å². The first-order valence-electron chi connectivity index (χ1n) is 27.9. The van der Waals surface area contributed by atoms with Crippen LogP contribution in [0.15, 0.2) is 200 Å². The van der Waals surface area contributed by atoms with E-state index in [9.17, 15) is 0 Å². The number of fused-ring (bicyclic) bond motifs is 10. The molecule has 13 rings (SSSR count). The Hall–Kier alpha value is -7.52. The Labute approximate surface area is 447 Å². The van der Waals surface area contributed by atoms with Crippen LogP contribution in [-0.2, 0) is 5.41 Å². The third kappa shape index (κ3) is 7.95. The maximum atomic E-state index is 2.67. The normalized spacial score (nSPS) is 12.9. The van der Waals surface area contributed by atoms with Gasteiger partial charge in [-0.15, -0.1) is 11.3 Å². The number of unbranched alkanes of at least 4 members (excludes halogenated alkanes) is 6. The highest BCUT2D eigenvalue weighted by Crippen LogP contribution is 2.58. The molecule has 1 aliphatic rings. The number of rotatable bonds is 15. The van der Waals surface area contributed by atoms with Crippen molar-refractivity contribution in [3.63, 3.8) is 0 Å². The largest absolute Gasteiger partial charge is 0.309 e. The molecule has 0 spiro atoms. The number of anilines is 3. The van der Waals surface area contributed by atoms with E-state index in [-0.39, 0.29) is 5.41 Å². The monoisotopic (exact) mass is 987 g/mol. The second-order valence-corrected chi connectivity index (χ2v) is 22.7. The summed E-state index contributed by atoms with van der Waals surface area (Å²) in [5, 5.41) is 13.0. The minimum atomic E-state index is -0.153. The molecule has 0 amide bonds. The van der Waals surface area contributed by atoms with Gasteiger partial charge in [-0.1, -0.05) is 223 Å². The zero-order valence-corrected chi connectivity index (χ0v) is 44.8. The van der Waals surface area contributed by atoms with E-state index in [1.54, 1.807) is 0 Å². The van der Waals surface area contributed by atoms with Crippen molar-refractivity contribution < 1.29 is 0 Å². The number of hydrogen-bond acceptors (Lipinski definition) is 2. The lowest BCUT2D eigenvalue weighted by Crippen LogP contribution is -2.26. The second-order valence-electron chi connectivity index (χ2n) is 21.6. The van der Waals surface area contributed by atoms with Gasteiger partial charge in [-0.2, -0.15) is 0 Å². The molecule has 0 aliphatic heterocycles. The van der Waals surface area contributed by atoms with Crippen LogP contribution in [-0.4, -0.2) is 0 Å². The van der Waals surface area contributed by atoms with Crippen LogP contribution in [0.4, 0.5) is 17.1 Å². The molecule has 0 atom stereocenters. The summed E-state index contributed by atoms with van der Waals surface area (Å²) in [6, 6.07) is 77.1. The summed E-state index contributed by atoms with van der Waals surface area (Å²) in [4.78, 5) is 2.59. The SMILES string of the molecule is CCCCCCC1(CCCCCC)c2cc(-c3c4ccccc4c(-c4ccc5c(c4)sc4ccccc45)c4ccccc34)ccc2-c2ccc(N(c3ccc(C)c4ccccc34)c3ccc(C)c4ccccc34)cc21. The summed E-state index contributed by atoms with van der Waals surface area (Å²) in [6.45, 7) is 9.19. The van der Waals surface area contributed by atoms with Crippen molar-refractivity contribution in [1.29, 1.82) is 0 Å². The Morgan fingerprint density at radius 2 is 0.800 bits per heavy atom. The van der Waals surface area contributed by atoms with Gasteiger partial charge >= 0.3 is 0 Å². The van der Waals surface area contributed by atoms with Crippen LogP contribution < -0.4 is 4.90 Å². The summed E-state index contributed by atoms with van der Waals surface area (Å²) < 4.78 is 2.68. The smallest absolute Gasteiger partial charge is 0.0540 e. The lowest BCUT2D eigenvalue weighted by atomic mass is 9.70. The highest BCUT2D eigenvalue weighted by atomic mass is 32.1. The van der Waals surface area contributed by atoms with Crippen LogP contribution in [0.25, 0.3) is 96.6 Å². The first-order chi connectivity index (χ1) is 37.0. The van der Waals surface area contributed by atoms with Crippen molar-refractivity contribution in [3.8, 4) is 33.4 Å². The van der Waals surface area contributed by atoms with E-state index in [2.05, 4.69) is 233 Å². The number of benzene rings is 11. The predicted octanol–water partition coefficient (Wildman–Crippen LogP) is 22.3. The molecule has 0 N–H and O–H groups in total. The van der Waals surface area contributed by atoms with Gasteiger partial charge in [-0.25, -0.2) is 0 Å². The number of thiophene rings is 1. The molecule has 368 valence electrons. The molecule has 0 radical (unpaired) electrons. The van der Waals surface area contributed by atoms with Crippen molar-refractivity contribution in [2.24, 2.45) is 0 Å². The molecular weight excluding hydrogens is 923 g/mol. The lowest BCUT2D eigenvalue weighted by molar-refractivity contribution is 0.401. The molecule has 12 aromatic rings. The zero-order valence-electron chi connectivity index (χ0n) is 44.0.